The Morgan fingerprint density at radius 2 is 2.23 bits per heavy atom. The number of hydrogen-bond donors (Lipinski definition) is 1. The Morgan fingerprint density at radius 1 is 1.54 bits per heavy atom. The lowest BCUT2D eigenvalue weighted by Crippen LogP contribution is -1.99. The van der Waals surface area contributed by atoms with Crippen molar-refractivity contribution in [3.63, 3.8) is 0 Å². The van der Waals surface area contributed by atoms with Gasteiger partial charge in [0.05, 0.1) is 5.56 Å². The molecule has 0 aliphatic rings. The Labute approximate surface area is 76.0 Å². The van der Waals surface area contributed by atoms with Crippen LogP contribution in [0.1, 0.15) is 30.1 Å². The summed E-state index contributed by atoms with van der Waals surface area (Å²) in [7, 11) is 0. The van der Waals surface area contributed by atoms with E-state index in [0.29, 0.717) is 12.8 Å². The third-order valence-corrected chi connectivity index (χ3v) is 1.74. The van der Waals surface area contributed by atoms with Crippen LogP contribution in [0.5, 0.6) is 5.75 Å². The maximum absolute atomic E-state index is 12.7. The quantitative estimate of drug-likeness (QED) is 0.729. The average Bonchev–Trinajstić information content (AvgIpc) is 2.09. The van der Waals surface area contributed by atoms with Crippen molar-refractivity contribution in [1.82, 2.24) is 0 Å². The van der Waals surface area contributed by atoms with E-state index in [1.165, 1.54) is 6.07 Å². The molecule has 1 rings (SSSR count). The normalized spacial score (nSPS) is 10.0. The number of rotatable bonds is 3. The maximum atomic E-state index is 12.7. The molecule has 1 aromatic carbocycles. The van der Waals surface area contributed by atoms with Crippen LogP contribution in [0, 0.1) is 5.82 Å². The molecule has 0 radical (unpaired) electrons. The van der Waals surface area contributed by atoms with Crippen LogP contribution >= 0.6 is 0 Å². The first-order chi connectivity index (χ1) is 6.15. The Balaban J connectivity index is 2.99. The molecule has 0 heterocycles. The van der Waals surface area contributed by atoms with E-state index in [1.807, 2.05) is 6.92 Å². The molecule has 1 N–H and O–H groups in total. The number of Topliss-reactive ketones (excluding diaryl/α,β-unsaturated/α-hetero) is 1. The Morgan fingerprint density at radius 3 is 2.85 bits per heavy atom. The molecular formula is C10H11FO2. The highest BCUT2D eigenvalue weighted by Gasteiger charge is 2.10. The van der Waals surface area contributed by atoms with Crippen molar-refractivity contribution in [2.24, 2.45) is 0 Å². The van der Waals surface area contributed by atoms with Gasteiger partial charge in [-0.25, -0.2) is 4.39 Å². The van der Waals surface area contributed by atoms with Crippen LogP contribution in [0.4, 0.5) is 4.39 Å². The summed E-state index contributed by atoms with van der Waals surface area (Å²) in [6.45, 7) is 1.86. The molecule has 0 spiro atoms. The van der Waals surface area contributed by atoms with E-state index in [1.54, 1.807) is 0 Å². The summed E-state index contributed by atoms with van der Waals surface area (Å²) >= 11 is 0. The molecule has 0 saturated heterocycles. The number of ketones is 1. The SMILES string of the molecule is CCCC(=O)c1cc(F)ccc1O. The van der Waals surface area contributed by atoms with E-state index in [9.17, 15) is 14.3 Å². The molecule has 0 aromatic heterocycles. The Hall–Kier alpha value is -1.38. The predicted molar refractivity (Wildman–Crippen MR) is 47.3 cm³/mol. The van der Waals surface area contributed by atoms with E-state index < -0.39 is 5.82 Å². The molecule has 0 aliphatic carbocycles. The highest BCUT2D eigenvalue weighted by atomic mass is 19.1. The first-order valence-electron chi connectivity index (χ1n) is 4.17. The zero-order valence-electron chi connectivity index (χ0n) is 7.38. The summed E-state index contributed by atoms with van der Waals surface area (Å²) in [5.41, 5.74) is 0.0712. The van der Waals surface area contributed by atoms with Crippen molar-refractivity contribution in [1.29, 1.82) is 0 Å². The van der Waals surface area contributed by atoms with Gasteiger partial charge in [-0.2, -0.15) is 0 Å². The first-order valence-corrected chi connectivity index (χ1v) is 4.17. The largest absolute Gasteiger partial charge is 0.507 e. The van der Waals surface area contributed by atoms with E-state index in [2.05, 4.69) is 0 Å². The number of benzene rings is 1. The number of hydrogen-bond acceptors (Lipinski definition) is 2. The summed E-state index contributed by atoms with van der Waals surface area (Å²) < 4.78 is 12.7. The van der Waals surface area contributed by atoms with Crippen molar-refractivity contribution < 1.29 is 14.3 Å². The van der Waals surface area contributed by atoms with E-state index in [4.69, 9.17) is 0 Å². The molecule has 0 amide bonds. The fraction of sp³-hybridized carbons (Fsp3) is 0.300. The molecule has 0 fully saturated rings. The van der Waals surface area contributed by atoms with Gasteiger partial charge in [0.25, 0.3) is 0 Å². The minimum Gasteiger partial charge on any atom is -0.507 e. The van der Waals surface area contributed by atoms with E-state index >= 15 is 0 Å². The van der Waals surface area contributed by atoms with Gasteiger partial charge in [-0.3, -0.25) is 4.79 Å². The van der Waals surface area contributed by atoms with E-state index in [0.717, 1.165) is 12.1 Å². The van der Waals surface area contributed by atoms with Crippen LogP contribution < -0.4 is 0 Å². The number of aromatic hydroxyl groups is 1. The summed E-state index contributed by atoms with van der Waals surface area (Å²) in [5, 5.41) is 9.24. The van der Waals surface area contributed by atoms with Gasteiger partial charge in [0.1, 0.15) is 11.6 Å². The van der Waals surface area contributed by atoms with Crippen LogP contribution in [-0.4, -0.2) is 10.9 Å². The third kappa shape index (κ3) is 2.28. The molecule has 3 heteroatoms. The van der Waals surface area contributed by atoms with Gasteiger partial charge < -0.3 is 5.11 Å². The molecule has 0 aliphatic heterocycles. The topological polar surface area (TPSA) is 37.3 Å². The highest BCUT2D eigenvalue weighted by Crippen LogP contribution is 2.19. The number of phenolic OH excluding ortho intramolecular Hbond substituents is 1. The third-order valence-electron chi connectivity index (χ3n) is 1.74. The number of phenols is 1. The van der Waals surface area contributed by atoms with Crippen molar-refractivity contribution >= 4 is 5.78 Å². The van der Waals surface area contributed by atoms with Gasteiger partial charge in [-0.15, -0.1) is 0 Å². The minimum atomic E-state index is -0.503. The van der Waals surface area contributed by atoms with Crippen molar-refractivity contribution in [2.45, 2.75) is 19.8 Å². The molecule has 0 saturated carbocycles. The van der Waals surface area contributed by atoms with Gasteiger partial charge in [0.15, 0.2) is 5.78 Å². The van der Waals surface area contributed by atoms with Crippen molar-refractivity contribution in [2.75, 3.05) is 0 Å². The number of carbonyl (C=O) groups is 1. The summed E-state index contributed by atoms with van der Waals surface area (Å²) in [6, 6.07) is 3.38. The smallest absolute Gasteiger partial charge is 0.166 e. The zero-order chi connectivity index (χ0) is 9.84. The molecule has 1 aromatic rings. The Bertz CT molecular complexity index is 321. The molecule has 70 valence electrons. The van der Waals surface area contributed by atoms with Crippen LogP contribution in [0.25, 0.3) is 0 Å². The van der Waals surface area contributed by atoms with Gasteiger partial charge >= 0.3 is 0 Å². The lowest BCUT2D eigenvalue weighted by molar-refractivity contribution is 0.0978. The van der Waals surface area contributed by atoms with Crippen molar-refractivity contribution in [3.05, 3.63) is 29.6 Å². The maximum Gasteiger partial charge on any atom is 0.166 e. The monoisotopic (exact) mass is 182 g/mol. The first kappa shape index (κ1) is 9.71. The van der Waals surface area contributed by atoms with Gasteiger partial charge in [-0.1, -0.05) is 6.92 Å². The lowest BCUT2D eigenvalue weighted by atomic mass is 10.1. The second-order valence-corrected chi connectivity index (χ2v) is 2.83. The Kier molecular flexibility index (Phi) is 3.01. The van der Waals surface area contributed by atoms with Gasteiger partial charge in [-0.05, 0) is 24.6 Å². The van der Waals surface area contributed by atoms with Crippen LogP contribution in [-0.2, 0) is 0 Å². The van der Waals surface area contributed by atoms with Crippen molar-refractivity contribution in [3.8, 4) is 5.75 Å². The summed E-state index contributed by atoms with van der Waals surface area (Å²) in [6.07, 6.45) is 1.02. The fourth-order valence-corrected chi connectivity index (χ4v) is 1.09. The molecule has 0 bridgehead atoms. The molecule has 0 atom stereocenters. The summed E-state index contributed by atoms with van der Waals surface area (Å²) in [4.78, 5) is 11.3. The molecule has 0 unspecified atom stereocenters. The highest BCUT2D eigenvalue weighted by molar-refractivity contribution is 5.98. The van der Waals surface area contributed by atoms with E-state index in [-0.39, 0.29) is 17.1 Å². The molecular weight excluding hydrogens is 171 g/mol. The minimum absolute atomic E-state index is 0.0712. The van der Waals surface area contributed by atoms with Crippen LogP contribution in [0.3, 0.4) is 0 Å². The second-order valence-electron chi connectivity index (χ2n) is 2.83. The zero-order valence-corrected chi connectivity index (χ0v) is 7.38. The average molecular weight is 182 g/mol. The molecule has 2 nitrogen and oxygen atoms in total. The lowest BCUT2D eigenvalue weighted by Gasteiger charge is -2.01. The standard InChI is InChI=1S/C10H11FO2/c1-2-3-9(12)8-6-7(11)4-5-10(8)13/h4-6,13H,2-3H2,1H3. The molecule has 13 heavy (non-hydrogen) atoms. The second kappa shape index (κ2) is 4.03. The van der Waals surface area contributed by atoms with Gasteiger partial charge in [0.2, 0.25) is 0 Å². The van der Waals surface area contributed by atoms with Crippen LogP contribution in [0.15, 0.2) is 18.2 Å². The predicted octanol–water partition coefficient (Wildman–Crippen LogP) is 2.51. The summed E-state index contributed by atoms with van der Waals surface area (Å²) in [5.74, 6) is -0.878. The fourth-order valence-electron chi connectivity index (χ4n) is 1.09. The number of carbonyl (C=O) groups excluding carboxylic acids is 1. The van der Waals surface area contributed by atoms with Gasteiger partial charge in [0, 0.05) is 6.42 Å². The number of halogens is 1. The van der Waals surface area contributed by atoms with Crippen LogP contribution in [0.2, 0.25) is 0 Å².